The van der Waals surface area contributed by atoms with Crippen molar-refractivity contribution in [2.24, 2.45) is 0 Å². The highest BCUT2D eigenvalue weighted by Gasteiger charge is 2.36. The van der Waals surface area contributed by atoms with Crippen LogP contribution >= 0.6 is 0 Å². The Morgan fingerprint density at radius 2 is 2.10 bits per heavy atom. The summed E-state index contributed by atoms with van der Waals surface area (Å²) < 4.78 is 10.6. The number of benzene rings is 1. The van der Waals surface area contributed by atoms with Crippen LogP contribution in [-0.2, 0) is 14.3 Å². The van der Waals surface area contributed by atoms with Gasteiger partial charge in [0.1, 0.15) is 12.4 Å². The van der Waals surface area contributed by atoms with Crippen LogP contribution in [0.4, 0.5) is 5.69 Å². The van der Waals surface area contributed by atoms with E-state index in [0.717, 1.165) is 5.69 Å². The number of carboxylic acid groups (broad SMARTS) is 1. The van der Waals surface area contributed by atoms with Gasteiger partial charge in [-0.3, -0.25) is 9.59 Å². The number of nitrogens with zero attached hydrogens (tertiary/aromatic N) is 1. The number of rotatable bonds is 5. The van der Waals surface area contributed by atoms with Gasteiger partial charge in [0.25, 0.3) is 5.91 Å². The lowest BCUT2D eigenvalue weighted by molar-refractivity contribution is -0.142. The Hall–Kier alpha value is -2.08. The van der Waals surface area contributed by atoms with Gasteiger partial charge in [0.2, 0.25) is 0 Å². The van der Waals surface area contributed by atoms with Crippen LogP contribution < -0.4 is 9.64 Å². The molecule has 1 fully saturated rings. The quantitative estimate of drug-likeness (QED) is 0.894. The molecule has 114 valence electrons. The number of methoxy groups -OCH3 is 1. The molecule has 1 aromatic rings. The Bertz CT molecular complexity index is 527. The van der Waals surface area contributed by atoms with Gasteiger partial charge in [0, 0.05) is 12.1 Å². The first-order chi connectivity index (χ1) is 9.93. The zero-order chi connectivity index (χ0) is 15.5. The van der Waals surface area contributed by atoms with Crippen molar-refractivity contribution < 1.29 is 24.2 Å². The number of anilines is 1. The Labute approximate surface area is 123 Å². The van der Waals surface area contributed by atoms with E-state index in [1.807, 2.05) is 6.92 Å². The lowest BCUT2D eigenvalue weighted by Crippen LogP contribution is -2.53. The topological polar surface area (TPSA) is 76.1 Å². The van der Waals surface area contributed by atoms with Gasteiger partial charge >= 0.3 is 5.97 Å². The summed E-state index contributed by atoms with van der Waals surface area (Å²) in [5, 5.41) is 8.80. The average Bonchev–Trinajstić information content (AvgIpc) is 2.48. The van der Waals surface area contributed by atoms with Crippen molar-refractivity contribution in [2.45, 2.75) is 25.4 Å². The van der Waals surface area contributed by atoms with Crippen molar-refractivity contribution in [2.75, 3.05) is 25.2 Å². The Morgan fingerprint density at radius 3 is 2.67 bits per heavy atom. The number of carboxylic acids is 1. The Kier molecular flexibility index (Phi) is 4.47. The molecule has 1 aliphatic rings. The number of carbonyl (C=O) groups is 2. The molecule has 6 heteroatoms. The molecule has 1 amide bonds. The van der Waals surface area contributed by atoms with Crippen LogP contribution in [0.2, 0.25) is 0 Å². The minimum absolute atomic E-state index is 0.0150. The summed E-state index contributed by atoms with van der Waals surface area (Å²) in [6.45, 7) is 2.13. The number of carbonyl (C=O) groups excluding carboxylic acids is 1. The summed E-state index contributed by atoms with van der Waals surface area (Å²) in [6, 6.07) is 7.18. The lowest BCUT2D eigenvalue weighted by atomic mass is 9.97. The summed E-state index contributed by atoms with van der Waals surface area (Å²) in [5.74, 6) is -0.284. The highest BCUT2D eigenvalue weighted by Crippen LogP contribution is 2.28. The molecule has 0 radical (unpaired) electrons. The van der Waals surface area contributed by atoms with Crippen molar-refractivity contribution in [3.63, 3.8) is 0 Å². The summed E-state index contributed by atoms with van der Waals surface area (Å²) in [6.07, 6.45) is 0.378. The van der Waals surface area contributed by atoms with Gasteiger partial charge in [-0.05, 0) is 37.6 Å². The highest BCUT2D eigenvalue weighted by molar-refractivity contribution is 5.95. The molecule has 1 unspecified atom stereocenters. The van der Waals surface area contributed by atoms with Crippen LogP contribution in [0.1, 0.15) is 19.8 Å². The lowest BCUT2D eigenvalue weighted by Gasteiger charge is -2.40. The highest BCUT2D eigenvalue weighted by atomic mass is 16.5. The SMILES string of the molecule is COc1ccc(N2CC(C)(CCC(=O)O)OCC2=O)cc1. The van der Waals surface area contributed by atoms with Crippen molar-refractivity contribution >= 4 is 17.6 Å². The molecule has 0 bridgehead atoms. The van der Waals surface area contributed by atoms with E-state index in [1.54, 1.807) is 36.3 Å². The van der Waals surface area contributed by atoms with E-state index < -0.39 is 11.6 Å². The van der Waals surface area contributed by atoms with Gasteiger partial charge in [-0.2, -0.15) is 0 Å². The van der Waals surface area contributed by atoms with Gasteiger partial charge in [0.15, 0.2) is 0 Å². The minimum atomic E-state index is -0.868. The number of hydrogen-bond donors (Lipinski definition) is 1. The van der Waals surface area contributed by atoms with Crippen LogP contribution in [-0.4, -0.2) is 42.8 Å². The van der Waals surface area contributed by atoms with E-state index in [9.17, 15) is 9.59 Å². The first-order valence-electron chi connectivity index (χ1n) is 6.74. The fraction of sp³-hybridized carbons (Fsp3) is 0.467. The molecule has 0 spiro atoms. The summed E-state index contributed by atoms with van der Waals surface area (Å²) >= 11 is 0. The maximum absolute atomic E-state index is 12.0. The third-order valence-corrected chi connectivity index (χ3v) is 3.59. The fourth-order valence-electron chi connectivity index (χ4n) is 2.30. The normalized spacial score (nSPS) is 22.2. The van der Waals surface area contributed by atoms with E-state index in [4.69, 9.17) is 14.6 Å². The second-order valence-electron chi connectivity index (χ2n) is 5.31. The van der Waals surface area contributed by atoms with E-state index in [2.05, 4.69) is 0 Å². The zero-order valence-corrected chi connectivity index (χ0v) is 12.2. The van der Waals surface area contributed by atoms with Crippen molar-refractivity contribution in [3.8, 4) is 5.75 Å². The molecular formula is C15H19NO5. The predicted molar refractivity (Wildman–Crippen MR) is 76.6 cm³/mol. The van der Waals surface area contributed by atoms with E-state index in [0.29, 0.717) is 18.7 Å². The zero-order valence-electron chi connectivity index (χ0n) is 12.2. The Balaban J connectivity index is 2.13. The maximum Gasteiger partial charge on any atom is 0.303 e. The minimum Gasteiger partial charge on any atom is -0.497 e. The van der Waals surface area contributed by atoms with Crippen molar-refractivity contribution in [3.05, 3.63) is 24.3 Å². The number of hydrogen-bond acceptors (Lipinski definition) is 4. The van der Waals surface area contributed by atoms with Crippen molar-refractivity contribution in [1.29, 1.82) is 0 Å². The molecule has 1 aliphatic heterocycles. The van der Waals surface area contributed by atoms with Crippen LogP contribution in [0.25, 0.3) is 0 Å². The molecule has 1 N–H and O–H groups in total. The number of aliphatic carboxylic acids is 1. The molecule has 1 atom stereocenters. The van der Waals surface area contributed by atoms with E-state index in [1.165, 1.54) is 0 Å². The van der Waals surface area contributed by atoms with Crippen LogP contribution in [0.3, 0.4) is 0 Å². The van der Waals surface area contributed by atoms with Gasteiger partial charge in [-0.25, -0.2) is 0 Å². The summed E-state index contributed by atoms with van der Waals surface area (Å²) in [7, 11) is 1.58. The molecule has 0 aliphatic carbocycles. The largest absolute Gasteiger partial charge is 0.497 e. The molecule has 21 heavy (non-hydrogen) atoms. The van der Waals surface area contributed by atoms with Gasteiger partial charge in [0.05, 0.1) is 19.3 Å². The molecule has 1 heterocycles. The first kappa shape index (κ1) is 15.3. The number of amides is 1. The summed E-state index contributed by atoms with van der Waals surface area (Å²) in [5.41, 5.74) is 0.109. The fourth-order valence-corrected chi connectivity index (χ4v) is 2.30. The standard InChI is InChI=1S/C15H19NO5/c1-15(8-7-14(18)19)10-16(13(17)9-21-15)11-3-5-12(20-2)6-4-11/h3-6H,7-10H2,1-2H3,(H,18,19). The van der Waals surface area contributed by atoms with Gasteiger partial charge in [-0.1, -0.05) is 0 Å². The number of morpholine rings is 1. The molecule has 1 saturated heterocycles. The van der Waals surface area contributed by atoms with Crippen LogP contribution in [0.15, 0.2) is 24.3 Å². The second-order valence-corrected chi connectivity index (χ2v) is 5.31. The summed E-state index contributed by atoms with van der Waals surface area (Å²) in [4.78, 5) is 24.4. The molecule has 6 nitrogen and oxygen atoms in total. The van der Waals surface area contributed by atoms with Crippen molar-refractivity contribution in [1.82, 2.24) is 0 Å². The van der Waals surface area contributed by atoms with Gasteiger partial charge in [-0.15, -0.1) is 0 Å². The second kappa shape index (κ2) is 6.13. The van der Waals surface area contributed by atoms with Crippen LogP contribution in [0.5, 0.6) is 5.75 Å². The average molecular weight is 293 g/mol. The predicted octanol–water partition coefficient (Wildman–Crippen LogP) is 1.68. The van der Waals surface area contributed by atoms with E-state index >= 15 is 0 Å². The molecular weight excluding hydrogens is 274 g/mol. The molecule has 2 rings (SSSR count). The molecule has 0 saturated carbocycles. The van der Waals surface area contributed by atoms with Gasteiger partial charge < -0.3 is 19.5 Å². The smallest absolute Gasteiger partial charge is 0.303 e. The maximum atomic E-state index is 12.0. The van der Waals surface area contributed by atoms with Crippen LogP contribution in [0, 0.1) is 0 Å². The monoisotopic (exact) mass is 293 g/mol. The molecule has 1 aromatic carbocycles. The number of ether oxygens (including phenoxy) is 2. The first-order valence-corrected chi connectivity index (χ1v) is 6.74. The Morgan fingerprint density at radius 1 is 1.43 bits per heavy atom. The third kappa shape index (κ3) is 3.72. The van der Waals surface area contributed by atoms with E-state index in [-0.39, 0.29) is 18.9 Å². The third-order valence-electron chi connectivity index (χ3n) is 3.59. The molecule has 0 aromatic heterocycles.